The molecule has 11 heavy (non-hydrogen) atoms. The molecular weight excluding hydrogens is 138 g/mol. The van der Waals surface area contributed by atoms with E-state index in [0.29, 0.717) is 12.0 Å². The normalized spacial score (nSPS) is 39.7. The van der Waals surface area contributed by atoms with E-state index in [0.717, 1.165) is 12.8 Å². The van der Waals surface area contributed by atoms with Crippen molar-refractivity contribution in [3.05, 3.63) is 12.2 Å². The summed E-state index contributed by atoms with van der Waals surface area (Å²) in [6, 6.07) is 0.365. The second kappa shape index (κ2) is 3.88. The Morgan fingerprint density at radius 3 is 2.82 bits per heavy atom. The van der Waals surface area contributed by atoms with Gasteiger partial charge in [-0.1, -0.05) is 19.1 Å². The molecule has 0 aromatic heterocycles. The van der Waals surface area contributed by atoms with Crippen molar-refractivity contribution in [3.8, 4) is 0 Å². The molecular formula is C9H17NO. The topological polar surface area (TPSA) is 32.3 Å². The lowest BCUT2D eigenvalue weighted by Crippen LogP contribution is -2.45. The molecule has 1 aliphatic rings. The SMILES string of the molecule is C/C=C\[C@H]1N[C@@H](O)CC[C@H]1C. The van der Waals surface area contributed by atoms with E-state index in [1.165, 1.54) is 0 Å². The Kier molecular flexibility index (Phi) is 3.09. The maximum Gasteiger partial charge on any atom is 0.105 e. The Hall–Kier alpha value is -0.340. The zero-order valence-corrected chi connectivity index (χ0v) is 7.25. The molecule has 1 fully saturated rings. The summed E-state index contributed by atoms with van der Waals surface area (Å²) in [6.07, 6.45) is 5.85. The quantitative estimate of drug-likeness (QED) is 0.559. The van der Waals surface area contributed by atoms with Crippen LogP contribution in [-0.2, 0) is 0 Å². The van der Waals surface area contributed by atoms with E-state index in [-0.39, 0.29) is 6.23 Å². The van der Waals surface area contributed by atoms with E-state index in [1.807, 2.05) is 13.0 Å². The molecule has 0 aromatic carbocycles. The summed E-state index contributed by atoms with van der Waals surface area (Å²) in [5, 5.41) is 12.4. The lowest BCUT2D eigenvalue weighted by atomic mass is 9.92. The highest BCUT2D eigenvalue weighted by Gasteiger charge is 2.22. The molecule has 0 radical (unpaired) electrons. The summed E-state index contributed by atoms with van der Waals surface area (Å²) in [7, 11) is 0. The van der Waals surface area contributed by atoms with E-state index in [9.17, 15) is 5.11 Å². The van der Waals surface area contributed by atoms with Crippen LogP contribution < -0.4 is 5.32 Å². The van der Waals surface area contributed by atoms with E-state index >= 15 is 0 Å². The Morgan fingerprint density at radius 2 is 2.18 bits per heavy atom. The minimum absolute atomic E-state index is 0.299. The number of nitrogens with one attached hydrogen (secondary N) is 1. The average Bonchev–Trinajstić information content (AvgIpc) is 1.98. The highest BCUT2D eigenvalue weighted by molar-refractivity contribution is 4.96. The first-order chi connectivity index (χ1) is 5.24. The molecule has 2 nitrogen and oxygen atoms in total. The van der Waals surface area contributed by atoms with E-state index in [1.54, 1.807) is 0 Å². The number of hydrogen-bond donors (Lipinski definition) is 2. The van der Waals surface area contributed by atoms with Crippen LogP contribution >= 0.6 is 0 Å². The fourth-order valence-electron chi connectivity index (χ4n) is 1.52. The number of allylic oxidation sites excluding steroid dienone is 1. The van der Waals surface area contributed by atoms with Crippen LogP contribution in [0.15, 0.2) is 12.2 Å². The van der Waals surface area contributed by atoms with Gasteiger partial charge in [-0.25, -0.2) is 0 Å². The summed E-state index contributed by atoms with van der Waals surface area (Å²) in [5.41, 5.74) is 0. The number of aliphatic hydroxyl groups excluding tert-OH is 1. The van der Waals surface area contributed by atoms with Gasteiger partial charge >= 0.3 is 0 Å². The average molecular weight is 155 g/mol. The monoisotopic (exact) mass is 155 g/mol. The molecule has 0 spiro atoms. The van der Waals surface area contributed by atoms with Gasteiger partial charge in [0.15, 0.2) is 0 Å². The first kappa shape index (κ1) is 8.75. The molecule has 1 saturated heterocycles. The fraction of sp³-hybridized carbons (Fsp3) is 0.778. The van der Waals surface area contributed by atoms with Gasteiger partial charge in [0.2, 0.25) is 0 Å². The van der Waals surface area contributed by atoms with E-state index in [4.69, 9.17) is 0 Å². The van der Waals surface area contributed by atoms with Gasteiger partial charge in [-0.2, -0.15) is 0 Å². The van der Waals surface area contributed by atoms with Crippen molar-refractivity contribution in [2.75, 3.05) is 0 Å². The van der Waals surface area contributed by atoms with Crippen molar-refractivity contribution in [1.82, 2.24) is 5.32 Å². The van der Waals surface area contributed by atoms with Crippen LogP contribution in [0.1, 0.15) is 26.7 Å². The van der Waals surface area contributed by atoms with Gasteiger partial charge in [0.05, 0.1) is 0 Å². The third kappa shape index (κ3) is 2.31. The molecule has 3 atom stereocenters. The number of piperidine rings is 1. The largest absolute Gasteiger partial charge is 0.379 e. The Labute approximate surface area is 68.3 Å². The summed E-state index contributed by atoms with van der Waals surface area (Å²) in [4.78, 5) is 0. The molecule has 0 saturated carbocycles. The molecule has 0 aliphatic carbocycles. The smallest absolute Gasteiger partial charge is 0.105 e. The molecule has 0 amide bonds. The molecule has 0 aromatic rings. The zero-order valence-electron chi connectivity index (χ0n) is 7.25. The molecule has 64 valence electrons. The fourth-order valence-corrected chi connectivity index (χ4v) is 1.52. The second-order valence-electron chi connectivity index (χ2n) is 3.29. The van der Waals surface area contributed by atoms with Crippen LogP contribution in [0.2, 0.25) is 0 Å². The number of hydrogen-bond acceptors (Lipinski definition) is 2. The van der Waals surface area contributed by atoms with E-state index < -0.39 is 0 Å². The van der Waals surface area contributed by atoms with Crippen LogP contribution in [-0.4, -0.2) is 17.4 Å². The van der Waals surface area contributed by atoms with E-state index in [2.05, 4.69) is 18.3 Å². The van der Waals surface area contributed by atoms with Crippen molar-refractivity contribution < 1.29 is 5.11 Å². The summed E-state index contributed by atoms with van der Waals surface area (Å²) >= 11 is 0. The highest BCUT2D eigenvalue weighted by atomic mass is 16.3. The van der Waals surface area contributed by atoms with Crippen molar-refractivity contribution in [2.45, 2.75) is 39.0 Å². The van der Waals surface area contributed by atoms with Crippen molar-refractivity contribution in [1.29, 1.82) is 0 Å². The van der Waals surface area contributed by atoms with Crippen molar-refractivity contribution in [2.24, 2.45) is 5.92 Å². The van der Waals surface area contributed by atoms with Crippen LogP contribution in [0.5, 0.6) is 0 Å². The van der Waals surface area contributed by atoms with Gasteiger partial charge < -0.3 is 5.11 Å². The van der Waals surface area contributed by atoms with Crippen LogP contribution in [0.25, 0.3) is 0 Å². The molecule has 1 heterocycles. The molecule has 1 rings (SSSR count). The molecule has 0 bridgehead atoms. The Bertz CT molecular complexity index is 144. The minimum atomic E-state index is -0.299. The van der Waals surface area contributed by atoms with Crippen LogP contribution in [0.4, 0.5) is 0 Å². The zero-order chi connectivity index (χ0) is 8.27. The summed E-state index contributed by atoms with van der Waals surface area (Å²) in [6.45, 7) is 4.22. The third-order valence-electron chi connectivity index (χ3n) is 2.29. The number of aliphatic hydroxyl groups is 1. The number of rotatable bonds is 1. The van der Waals surface area contributed by atoms with Crippen LogP contribution in [0, 0.1) is 5.92 Å². The summed E-state index contributed by atoms with van der Waals surface area (Å²) in [5.74, 6) is 0.648. The lowest BCUT2D eigenvalue weighted by Gasteiger charge is -2.31. The van der Waals surface area contributed by atoms with Gasteiger partial charge in [-0.05, 0) is 25.7 Å². The predicted octanol–water partition coefficient (Wildman–Crippen LogP) is 1.27. The maximum absolute atomic E-state index is 9.28. The van der Waals surface area contributed by atoms with Crippen molar-refractivity contribution >= 4 is 0 Å². The molecule has 2 N–H and O–H groups in total. The van der Waals surface area contributed by atoms with Gasteiger partial charge in [0, 0.05) is 6.04 Å². The molecule has 0 unspecified atom stereocenters. The standard InChI is InChI=1S/C9H17NO/c1-3-4-8-7(2)5-6-9(11)10-8/h3-4,7-11H,5-6H2,1-2H3/b4-3-/t7-,8-,9+/m1/s1. The minimum Gasteiger partial charge on any atom is -0.379 e. The predicted molar refractivity (Wildman–Crippen MR) is 46.1 cm³/mol. The van der Waals surface area contributed by atoms with Crippen LogP contribution in [0.3, 0.4) is 0 Å². The highest BCUT2D eigenvalue weighted by Crippen LogP contribution is 2.18. The third-order valence-corrected chi connectivity index (χ3v) is 2.29. The van der Waals surface area contributed by atoms with Gasteiger partial charge in [0.25, 0.3) is 0 Å². The van der Waals surface area contributed by atoms with Crippen molar-refractivity contribution in [3.63, 3.8) is 0 Å². The maximum atomic E-state index is 9.28. The lowest BCUT2D eigenvalue weighted by molar-refractivity contribution is 0.0754. The second-order valence-corrected chi connectivity index (χ2v) is 3.29. The molecule has 1 aliphatic heterocycles. The molecule has 2 heteroatoms. The first-order valence-electron chi connectivity index (χ1n) is 4.31. The Balaban J connectivity index is 2.47. The summed E-state index contributed by atoms with van der Waals surface area (Å²) < 4.78 is 0. The van der Waals surface area contributed by atoms with Gasteiger partial charge in [-0.15, -0.1) is 0 Å². The Morgan fingerprint density at radius 1 is 1.45 bits per heavy atom. The van der Waals surface area contributed by atoms with Gasteiger partial charge in [-0.3, -0.25) is 5.32 Å². The van der Waals surface area contributed by atoms with Gasteiger partial charge in [0.1, 0.15) is 6.23 Å². The first-order valence-corrected chi connectivity index (χ1v) is 4.31.